The van der Waals surface area contributed by atoms with Crippen LogP contribution in [0.3, 0.4) is 0 Å². The lowest BCUT2D eigenvalue weighted by molar-refractivity contribution is -0.299. The quantitative estimate of drug-likeness (QED) is 0.520. The molecule has 0 radical (unpaired) electrons. The van der Waals surface area contributed by atoms with Crippen molar-refractivity contribution in [3.05, 3.63) is 12.2 Å². The van der Waals surface area contributed by atoms with Gasteiger partial charge < -0.3 is 14.2 Å². The maximum atomic E-state index is 11.2. The number of hydrogen-bond donors (Lipinski definition) is 0. The van der Waals surface area contributed by atoms with Gasteiger partial charge in [-0.15, -0.1) is 0 Å². The third-order valence-corrected chi connectivity index (χ3v) is 3.25. The van der Waals surface area contributed by atoms with Crippen molar-refractivity contribution in [1.82, 2.24) is 0 Å². The molecule has 2 aliphatic heterocycles. The summed E-state index contributed by atoms with van der Waals surface area (Å²) < 4.78 is 17.1. The molecule has 0 unspecified atom stereocenters. The maximum absolute atomic E-state index is 11.2. The van der Waals surface area contributed by atoms with Gasteiger partial charge in [0, 0.05) is 13.3 Å². The van der Waals surface area contributed by atoms with Crippen molar-refractivity contribution in [2.45, 2.75) is 50.9 Å². The van der Waals surface area contributed by atoms with Gasteiger partial charge in [-0.1, -0.05) is 12.2 Å². The highest BCUT2D eigenvalue weighted by molar-refractivity contribution is 5.66. The molecule has 0 aromatic rings. The minimum absolute atomic E-state index is 0.267. The Labute approximate surface area is 102 Å². The van der Waals surface area contributed by atoms with E-state index in [2.05, 4.69) is 6.08 Å². The summed E-state index contributed by atoms with van der Waals surface area (Å²) in [7, 11) is 0. The van der Waals surface area contributed by atoms with Crippen molar-refractivity contribution in [3.63, 3.8) is 0 Å². The first kappa shape index (κ1) is 12.6. The lowest BCUT2D eigenvalue weighted by atomic mass is 9.95. The lowest BCUT2D eigenvalue weighted by Gasteiger charge is -2.42. The van der Waals surface area contributed by atoms with Crippen LogP contribution in [0, 0.1) is 0 Å². The predicted octanol–water partition coefficient (Wildman–Crippen LogP) is 2.18. The Morgan fingerprint density at radius 2 is 2.24 bits per heavy atom. The fraction of sp³-hybridized carbons (Fsp3) is 0.769. The zero-order valence-corrected chi connectivity index (χ0v) is 10.3. The summed E-state index contributed by atoms with van der Waals surface area (Å²) in [5, 5.41) is 0. The molecule has 1 fully saturated rings. The van der Waals surface area contributed by atoms with Crippen LogP contribution in [0.15, 0.2) is 12.2 Å². The predicted molar refractivity (Wildman–Crippen MR) is 62.4 cm³/mol. The van der Waals surface area contributed by atoms with Gasteiger partial charge in [0.15, 0.2) is 6.10 Å². The second-order valence-electron chi connectivity index (χ2n) is 4.58. The van der Waals surface area contributed by atoms with E-state index in [-0.39, 0.29) is 12.1 Å². The maximum Gasteiger partial charge on any atom is 0.303 e. The highest BCUT2D eigenvalue weighted by Crippen LogP contribution is 2.34. The van der Waals surface area contributed by atoms with Gasteiger partial charge in [-0.2, -0.15) is 0 Å². The summed E-state index contributed by atoms with van der Waals surface area (Å²) >= 11 is 0. The summed E-state index contributed by atoms with van der Waals surface area (Å²) in [4.78, 5) is 11.2. The second-order valence-corrected chi connectivity index (χ2v) is 4.58. The van der Waals surface area contributed by atoms with Crippen molar-refractivity contribution in [2.75, 3.05) is 13.2 Å². The van der Waals surface area contributed by atoms with E-state index in [9.17, 15) is 4.79 Å². The summed E-state index contributed by atoms with van der Waals surface area (Å²) in [6.45, 7) is 2.64. The van der Waals surface area contributed by atoms with Gasteiger partial charge in [0.05, 0.1) is 13.2 Å². The zero-order chi connectivity index (χ0) is 12.1. The molecular formula is C13H20O4. The SMILES string of the molecule is CC(=O)O[C@@H]1CC/C=C\CO[C@@]12CCCCO2. The smallest absolute Gasteiger partial charge is 0.303 e. The molecule has 4 nitrogen and oxygen atoms in total. The van der Waals surface area contributed by atoms with Gasteiger partial charge in [0.25, 0.3) is 0 Å². The molecule has 1 saturated heterocycles. The molecule has 0 N–H and O–H groups in total. The van der Waals surface area contributed by atoms with Crippen LogP contribution in [0.4, 0.5) is 0 Å². The van der Waals surface area contributed by atoms with E-state index in [1.54, 1.807) is 0 Å². The molecule has 0 aromatic carbocycles. The van der Waals surface area contributed by atoms with E-state index in [0.717, 1.165) is 32.1 Å². The molecule has 17 heavy (non-hydrogen) atoms. The van der Waals surface area contributed by atoms with E-state index in [1.165, 1.54) is 6.92 Å². The first-order valence-corrected chi connectivity index (χ1v) is 6.33. The first-order valence-electron chi connectivity index (χ1n) is 6.33. The molecule has 0 amide bonds. The standard InChI is InChI=1S/C13H20O4/c1-11(14)17-12-7-3-2-5-9-15-13(12)8-4-6-10-16-13/h2,5,12H,3-4,6-10H2,1H3/b5-2-/t12-,13-/m1/s1. The lowest BCUT2D eigenvalue weighted by Crippen LogP contribution is -2.51. The molecule has 4 heteroatoms. The minimum atomic E-state index is -0.714. The van der Waals surface area contributed by atoms with Crippen molar-refractivity contribution in [3.8, 4) is 0 Å². The molecule has 2 aliphatic rings. The molecular weight excluding hydrogens is 220 g/mol. The van der Waals surface area contributed by atoms with Crippen LogP contribution in [0.25, 0.3) is 0 Å². The van der Waals surface area contributed by atoms with Crippen LogP contribution in [0.2, 0.25) is 0 Å². The summed E-state index contributed by atoms with van der Waals surface area (Å²) in [5.41, 5.74) is 0. The second kappa shape index (κ2) is 5.65. The number of rotatable bonds is 1. The summed E-state index contributed by atoms with van der Waals surface area (Å²) in [6, 6.07) is 0. The van der Waals surface area contributed by atoms with Gasteiger partial charge in [-0.05, 0) is 25.7 Å². The Morgan fingerprint density at radius 1 is 1.35 bits per heavy atom. The minimum Gasteiger partial charge on any atom is -0.457 e. The third kappa shape index (κ3) is 3.07. The van der Waals surface area contributed by atoms with Gasteiger partial charge in [-0.3, -0.25) is 4.79 Å². The Bertz CT molecular complexity index is 292. The van der Waals surface area contributed by atoms with E-state index >= 15 is 0 Å². The molecule has 96 valence electrons. The van der Waals surface area contributed by atoms with E-state index < -0.39 is 5.79 Å². The average molecular weight is 240 g/mol. The highest BCUT2D eigenvalue weighted by Gasteiger charge is 2.44. The number of ether oxygens (including phenoxy) is 3. The molecule has 0 bridgehead atoms. The van der Waals surface area contributed by atoms with Gasteiger partial charge in [0.2, 0.25) is 5.79 Å². The number of esters is 1. The van der Waals surface area contributed by atoms with E-state index in [4.69, 9.17) is 14.2 Å². The van der Waals surface area contributed by atoms with Crippen LogP contribution < -0.4 is 0 Å². The topological polar surface area (TPSA) is 44.8 Å². The highest BCUT2D eigenvalue weighted by atomic mass is 16.7. The molecule has 2 heterocycles. The fourth-order valence-corrected chi connectivity index (χ4v) is 2.44. The molecule has 1 spiro atoms. The van der Waals surface area contributed by atoms with Crippen LogP contribution in [-0.4, -0.2) is 31.1 Å². The Kier molecular flexibility index (Phi) is 4.18. The summed E-state index contributed by atoms with van der Waals surface area (Å²) in [6.07, 6.45) is 8.34. The Hall–Kier alpha value is -0.870. The fourth-order valence-electron chi connectivity index (χ4n) is 2.44. The molecule has 2 rings (SSSR count). The van der Waals surface area contributed by atoms with E-state index in [1.807, 2.05) is 6.08 Å². The van der Waals surface area contributed by atoms with Crippen molar-refractivity contribution in [1.29, 1.82) is 0 Å². The largest absolute Gasteiger partial charge is 0.457 e. The summed E-state index contributed by atoms with van der Waals surface area (Å²) in [5.74, 6) is -0.981. The number of carbonyl (C=O) groups is 1. The number of hydrogen-bond acceptors (Lipinski definition) is 4. The normalized spacial score (nSPS) is 35.9. The van der Waals surface area contributed by atoms with Crippen molar-refractivity contribution < 1.29 is 19.0 Å². The number of allylic oxidation sites excluding steroid dienone is 1. The molecule has 0 aromatic heterocycles. The van der Waals surface area contributed by atoms with Gasteiger partial charge >= 0.3 is 5.97 Å². The first-order chi connectivity index (χ1) is 8.23. The van der Waals surface area contributed by atoms with Gasteiger partial charge in [-0.25, -0.2) is 0 Å². The monoisotopic (exact) mass is 240 g/mol. The van der Waals surface area contributed by atoms with Crippen LogP contribution in [0.1, 0.15) is 39.0 Å². The zero-order valence-electron chi connectivity index (χ0n) is 10.3. The van der Waals surface area contributed by atoms with Crippen LogP contribution in [0.5, 0.6) is 0 Å². The van der Waals surface area contributed by atoms with Gasteiger partial charge in [0.1, 0.15) is 0 Å². The van der Waals surface area contributed by atoms with Crippen LogP contribution in [-0.2, 0) is 19.0 Å². The van der Waals surface area contributed by atoms with Crippen LogP contribution >= 0.6 is 0 Å². The number of carbonyl (C=O) groups excluding carboxylic acids is 1. The Balaban J connectivity index is 2.14. The average Bonchev–Trinajstić information content (AvgIpc) is 2.30. The molecule has 0 saturated carbocycles. The van der Waals surface area contributed by atoms with Crippen molar-refractivity contribution >= 4 is 5.97 Å². The molecule has 2 atom stereocenters. The molecule has 0 aliphatic carbocycles. The Morgan fingerprint density at radius 3 is 2.94 bits per heavy atom. The van der Waals surface area contributed by atoms with Crippen molar-refractivity contribution in [2.24, 2.45) is 0 Å². The third-order valence-electron chi connectivity index (χ3n) is 3.25. The van der Waals surface area contributed by atoms with E-state index in [0.29, 0.717) is 13.2 Å².